The molecule has 0 aromatic heterocycles. The molecule has 15 heavy (non-hydrogen) atoms. The number of rotatable bonds is 2. The summed E-state index contributed by atoms with van der Waals surface area (Å²) in [5.74, 6) is 1.17. The van der Waals surface area contributed by atoms with Gasteiger partial charge in [-0.05, 0) is 28.1 Å². The van der Waals surface area contributed by atoms with Gasteiger partial charge in [-0.25, -0.2) is 0 Å². The highest BCUT2D eigenvalue weighted by Crippen LogP contribution is 2.42. The molecule has 1 aliphatic rings. The highest BCUT2D eigenvalue weighted by Gasteiger charge is 2.27. The van der Waals surface area contributed by atoms with Crippen LogP contribution >= 0.6 is 15.9 Å². The maximum Gasteiger partial charge on any atom is 0.191 e. The normalized spacial score (nSPS) is 13.5. The summed E-state index contributed by atoms with van der Waals surface area (Å²) in [4.78, 5) is 11.7. The van der Waals surface area contributed by atoms with E-state index in [2.05, 4.69) is 15.9 Å². The predicted octanol–water partition coefficient (Wildman–Crippen LogP) is 2.64. The Kier molecular flexibility index (Phi) is 2.52. The highest BCUT2D eigenvalue weighted by molar-refractivity contribution is 9.15. The first-order chi connectivity index (χ1) is 7.19. The second-order valence-corrected chi connectivity index (χ2v) is 3.93. The van der Waals surface area contributed by atoms with Crippen molar-refractivity contribution in [1.82, 2.24) is 0 Å². The van der Waals surface area contributed by atoms with Crippen LogP contribution in [0.25, 0.3) is 4.48 Å². The lowest BCUT2D eigenvalue weighted by Gasteiger charge is -2.10. The van der Waals surface area contributed by atoms with E-state index in [1.54, 1.807) is 26.4 Å². The number of hydrogen-bond acceptors (Lipinski definition) is 3. The molecule has 0 heterocycles. The van der Waals surface area contributed by atoms with Crippen LogP contribution in [0.1, 0.15) is 15.9 Å². The third-order valence-corrected chi connectivity index (χ3v) is 2.94. The summed E-state index contributed by atoms with van der Waals surface area (Å²) in [6, 6.07) is 3.51. The molecule has 1 aromatic carbocycles. The van der Waals surface area contributed by atoms with Crippen molar-refractivity contribution in [2.45, 2.75) is 0 Å². The van der Waals surface area contributed by atoms with E-state index < -0.39 is 0 Å². The van der Waals surface area contributed by atoms with Crippen molar-refractivity contribution in [1.29, 1.82) is 0 Å². The van der Waals surface area contributed by atoms with Gasteiger partial charge in [-0.2, -0.15) is 0 Å². The second kappa shape index (κ2) is 3.70. The molecule has 1 aliphatic carbocycles. The Balaban J connectivity index is 2.72. The van der Waals surface area contributed by atoms with Crippen LogP contribution < -0.4 is 9.47 Å². The summed E-state index contributed by atoms with van der Waals surface area (Å²) in [6.45, 7) is 0. The van der Waals surface area contributed by atoms with Crippen molar-refractivity contribution >= 4 is 26.2 Å². The molecule has 0 N–H and O–H groups in total. The van der Waals surface area contributed by atoms with Gasteiger partial charge in [0.05, 0.1) is 19.8 Å². The Morgan fingerprint density at radius 3 is 2.13 bits per heavy atom. The fourth-order valence-corrected chi connectivity index (χ4v) is 2.25. The second-order valence-electron chi connectivity index (χ2n) is 3.08. The molecule has 0 atom stereocenters. The van der Waals surface area contributed by atoms with E-state index in [1.165, 1.54) is 6.08 Å². The smallest absolute Gasteiger partial charge is 0.191 e. The van der Waals surface area contributed by atoms with Gasteiger partial charge in [0.25, 0.3) is 0 Å². The largest absolute Gasteiger partial charge is 0.496 e. The first-order valence-electron chi connectivity index (χ1n) is 4.36. The van der Waals surface area contributed by atoms with Gasteiger partial charge in [0.1, 0.15) is 11.5 Å². The number of fused-ring (bicyclic) bond motifs is 1. The number of methoxy groups -OCH3 is 2. The van der Waals surface area contributed by atoms with Crippen LogP contribution in [0.4, 0.5) is 0 Å². The van der Waals surface area contributed by atoms with E-state index >= 15 is 0 Å². The fourth-order valence-electron chi connectivity index (χ4n) is 1.65. The van der Waals surface area contributed by atoms with Gasteiger partial charge in [0.15, 0.2) is 5.78 Å². The van der Waals surface area contributed by atoms with Gasteiger partial charge in [0, 0.05) is 16.1 Å². The highest BCUT2D eigenvalue weighted by atomic mass is 79.9. The molecule has 0 saturated carbocycles. The van der Waals surface area contributed by atoms with E-state index in [0.29, 0.717) is 17.1 Å². The first kappa shape index (κ1) is 10.2. The van der Waals surface area contributed by atoms with Crippen LogP contribution in [0.5, 0.6) is 11.5 Å². The summed E-state index contributed by atoms with van der Waals surface area (Å²) in [5.41, 5.74) is 1.32. The van der Waals surface area contributed by atoms with Crippen molar-refractivity contribution in [2.24, 2.45) is 0 Å². The monoisotopic (exact) mass is 268 g/mol. The number of hydrogen-bond donors (Lipinski definition) is 0. The van der Waals surface area contributed by atoms with Gasteiger partial charge >= 0.3 is 0 Å². The predicted molar refractivity (Wildman–Crippen MR) is 60.8 cm³/mol. The van der Waals surface area contributed by atoms with E-state index in [0.717, 1.165) is 10.0 Å². The van der Waals surface area contributed by atoms with Crippen LogP contribution in [0, 0.1) is 0 Å². The molecule has 2 rings (SSSR count). The quantitative estimate of drug-likeness (QED) is 0.827. The third-order valence-electron chi connectivity index (χ3n) is 2.31. The van der Waals surface area contributed by atoms with Crippen LogP contribution in [0.2, 0.25) is 0 Å². The molecule has 0 saturated heterocycles. The maximum atomic E-state index is 11.7. The van der Waals surface area contributed by atoms with Crippen molar-refractivity contribution in [3.05, 3.63) is 29.3 Å². The molecule has 0 unspecified atom stereocenters. The fraction of sp³-hybridized carbons (Fsp3) is 0.182. The molecule has 0 fully saturated rings. The van der Waals surface area contributed by atoms with Gasteiger partial charge in [0.2, 0.25) is 0 Å². The minimum absolute atomic E-state index is 0.0624. The Morgan fingerprint density at radius 1 is 1.07 bits per heavy atom. The molecule has 1 aromatic rings. The summed E-state index contributed by atoms with van der Waals surface area (Å²) >= 11 is 3.34. The number of allylic oxidation sites excluding steroid dienone is 1. The molecule has 0 radical (unpaired) electrons. The van der Waals surface area contributed by atoms with Crippen LogP contribution in [-0.2, 0) is 0 Å². The summed E-state index contributed by atoms with van der Waals surface area (Å²) in [5, 5.41) is 0. The Bertz CT molecular complexity index is 463. The summed E-state index contributed by atoms with van der Waals surface area (Å²) in [6.07, 6.45) is 1.52. The lowest BCUT2D eigenvalue weighted by Crippen LogP contribution is -1.99. The van der Waals surface area contributed by atoms with Crippen LogP contribution in [0.3, 0.4) is 0 Å². The van der Waals surface area contributed by atoms with E-state index in [-0.39, 0.29) is 5.78 Å². The number of ketones is 1. The van der Waals surface area contributed by atoms with E-state index in [1.807, 2.05) is 0 Å². The topological polar surface area (TPSA) is 35.5 Å². The van der Waals surface area contributed by atoms with Crippen LogP contribution in [-0.4, -0.2) is 20.0 Å². The zero-order chi connectivity index (χ0) is 11.0. The minimum Gasteiger partial charge on any atom is -0.496 e. The molecule has 78 valence electrons. The molecule has 3 nitrogen and oxygen atoms in total. The first-order valence-corrected chi connectivity index (χ1v) is 5.15. The van der Waals surface area contributed by atoms with Crippen molar-refractivity contribution in [3.63, 3.8) is 0 Å². The number of benzene rings is 1. The Labute approximate surface area is 95.8 Å². The number of halogens is 1. The third kappa shape index (κ3) is 1.45. The summed E-state index contributed by atoms with van der Waals surface area (Å²) in [7, 11) is 3.12. The van der Waals surface area contributed by atoms with Gasteiger partial charge in [-0.3, -0.25) is 4.79 Å². The van der Waals surface area contributed by atoms with Crippen molar-refractivity contribution in [3.8, 4) is 11.5 Å². The van der Waals surface area contributed by atoms with Crippen LogP contribution in [0.15, 0.2) is 18.2 Å². The number of carbonyl (C=O) groups is 1. The Hall–Kier alpha value is -1.29. The minimum atomic E-state index is -0.0624. The molecule has 0 amide bonds. The average Bonchev–Trinajstić information content (AvgIpc) is 2.54. The van der Waals surface area contributed by atoms with Gasteiger partial charge < -0.3 is 9.47 Å². The van der Waals surface area contributed by atoms with Gasteiger partial charge in [-0.15, -0.1) is 0 Å². The number of carbonyl (C=O) groups excluding carboxylic acids is 1. The standard InChI is InChI=1S/C11H9BrO3/c1-14-8-3-4-9(15-2)11-7(13)5-6(12)10(8)11/h3-5H,1-2H3. The number of ether oxygens (including phenoxy) is 2. The zero-order valence-electron chi connectivity index (χ0n) is 8.33. The SMILES string of the molecule is COc1ccc(OC)c2c1C(=O)C=C2Br. The zero-order valence-corrected chi connectivity index (χ0v) is 9.92. The van der Waals surface area contributed by atoms with Crippen molar-refractivity contribution in [2.75, 3.05) is 14.2 Å². The lowest BCUT2D eigenvalue weighted by atomic mass is 10.1. The molecule has 0 spiro atoms. The molecule has 0 aliphatic heterocycles. The lowest BCUT2D eigenvalue weighted by molar-refractivity contribution is 0.104. The maximum absolute atomic E-state index is 11.7. The molecular formula is C11H9BrO3. The van der Waals surface area contributed by atoms with Crippen molar-refractivity contribution < 1.29 is 14.3 Å². The molecule has 0 bridgehead atoms. The summed E-state index contributed by atoms with van der Waals surface area (Å²) < 4.78 is 11.1. The van der Waals surface area contributed by atoms with E-state index in [9.17, 15) is 4.79 Å². The average molecular weight is 269 g/mol. The molecular weight excluding hydrogens is 260 g/mol. The molecule has 4 heteroatoms. The Morgan fingerprint density at radius 2 is 1.60 bits per heavy atom. The van der Waals surface area contributed by atoms with Gasteiger partial charge in [-0.1, -0.05) is 0 Å². The van der Waals surface area contributed by atoms with E-state index in [4.69, 9.17) is 9.47 Å².